The van der Waals surface area contributed by atoms with Crippen molar-refractivity contribution in [2.24, 2.45) is 0 Å². The van der Waals surface area contributed by atoms with Gasteiger partial charge < -0.3 is 9.22 Å². The number of esters is 1. The van der Waals surface area contributed by atoms with E-state index in [-0.39, 0.29) is 5.97 Å². The van der Waals surface area contributed by atoms with Crippen LogP contribution in [-0.4, -0.2) is 43.2 Å². The summed E-state index contributed by atoms with van der Waals surface area (Å²) in [7, 11) is 0. The Labute approximate surface area is 100 Å². The molecule has 0 aliphatic carbocycles. The summed E-state index contributed by atoms with van der Waals surface area (Å²) in [6.07, 6.45) is 2.40. The van der Waals surface area contributed by atoms with Crippen molar-refractivity contribution in [3.8, 4) is 0 Å². The zero-order valence-corrected chi connectivity index (χ0v) is 11.4. The van der Waals surface area contributed by atoms with Gasteiger partial charge in [-0.3, -0.25) is 4.79 Å². The van der Waals surface area contributed by atoms with Gasteiger partial charge in [0.2, 0.25) is 0 Å². The van der Waals surface area contributed by atoms with E-state index in [1.54, 1.807) is 0 Å². The van der Waals surface area contributed by atoms with Gasteiger partial charge in [0, 0.05) is 12.8 Å². The molecule has 0 rings (SSSR count). The Morgan fingerprint density at radius 2 is 1.62 bits per heavy atom. The number of hydrogen-bond donors (Lipinski definition) is 0. The number of hydrogen-bond acceptors (Lipinski definition) is 2. The largest absolute Gasteiger partial charge is 0.465 e. The maximum absolute atomic E-state index is 11.1. The summed E-state index contributed by atoms with van der Waals surface area (Å²) < 4.78 is 6.29. The van der Waals surface area contributed by atoms with Crippen LogP contribution in [0.5, 0.6) is 0 Å². The minimum atomic E-state index is -0.0508. The maximum Gasteiger partial charge on any atom is 0.305 e. The number of carbonyl (C=O) groups is 1. The molecule has 0 N–H and O–H groups in total. The third-order valence-electron chi connectivity index (χ3n) is 3.51. The molecule has 0 aromatic heterocycles. The van der Waals surface area contributed by atoms with Crippen LogP contribution in [0.3, 0.4) is 0 Å². The van der Waals surface area contributed by atoms with E-state index in [9.17, 15) is 4.79 Å². The molecule has 0 radical (unpaired) electrons. The van der Waals surface area contributed by atoms with Crippen molar-refractivity contribution in [3.63, 3.8) is 0 Å². The Kier molecular flexibility index (Phi) is 8.26. The van der Waals surface area contributed by atoms with Crippen molar-refractivity contribution in [2.75, 3.05) is 32.8 Å². The molecule has 3 heteroatoms. The molecule has 0 amide bonds. The summed E-state index contributed by atoms with van der Waals surface area (Å²) in [4.78, 5) is 11.1. The smallest absolute Gasteiger partial charge is 0.305 e. The van der Waals surface area contributed by atoms with Crippen molar-refractivity contribution in [2.45, 2.75) is 47.0 Å². The van der Waals surface area contributed by atoms with Gasteiger partial charge in [0.25, 0.3) is 0 Å². The fourth-order valence-corrected chi connectivity index (χ4v) is 2.01. The summed E-state index contributed by atoms with van der Waals surface area (Å²) in [5, 5.41) is 0. The van der Waals surface area contributed by atoms with Gasteiger partial charge in [-0.25, -0.2) is 0 Å². The van der Waals surface area contributed by atoms with Crippen molar-refractivity contribution in [1.82, 2.24) is 0 Å². The van der Waals surface area contributed by atoms with Gasteiger partial charge in [-0.2, -0.15) is 0 Å². The number of quaternary nitrogens is 1. The molecule has 16 heavy (non-hydrogen) atoms. The molecule has 3 nitrogen and oxygen atoms in total. The van der Waals surface area contributed by atoms with E-state index in [4.69, 9.17) is 4.74 Å². The van der Waals surface area contributed by atoms with Crippen LogP contribution < -0.4 is 0 Å². The third kappa shape index (κ3) is 5.50. The van der Waals surface area contributed by atoms with Crippen molar-refractivity contribution < 1.29 is 14.0 Å². The highest BCUT2D eigenvalue weighted by Gasteiger charge is 2.19. The normalized spacial score (nSPS) is 11.5. The standard InChI is InChI=1S/C13H28NO2/c1-5-10-13(15)16-12-9-11-14(6-2,7-3)8-4/h5-12H2,1-4H3/q+1. The highest BCUT2D eigenvalue weighted by molar-refractivity contribution is 5.69. The van der Waals surface area contributed by atoms with Crippen LogP contribution in [-0.2, 0) is 9.53 Å². The zero-order valence-electron chi connectivity index (χ0n) is 11.4. The van der Waals surface area contributed by atoms with Crippen LogP contribution in [0.25, 0.3) is 0 Å². The number of ether oxygens (including phenoxy) is 1. The first kappa shape index (κ1) is 15.4. The lowest BCUT2D eigenvalue weighted by Crippen LogP contribution is -2.48. The number of carbonyl (C=O) groups excluding carboxylic acids is 1. The lowest BCUT2D eigenvalue weighted by atomic mass is 10.3. The van der Waals surface area contributed by atoms with Gasteiger partial charge in [0.15, 0.2) is 0 Å². The second-order valence-corrected chi connectivity index (χ2v) is 4.34. The summed E-state index contributed by atoms with van der Waals surface area (Å²) in [5.74, 6) is -0.0508. The molecule has 0 aliphatic rings. The van der Waals surface area contributed by atoms with Gasteiger partial charge in [0.1, 0.15) is 0 Å². The first-order valence-corrected chi connectivity index (χ1v) is 6.64. The van der Waals surface area contributed by atoms with Crippen LogP contribution >= 0.6 is 0 Å². The number of nitrogens with zero attached hydrogens (tertiary/aromatic N) is 1. The Morgan fingerprint density at radius 1 is 1.06 bits per heavy atom. The van der Waals surface area contributed by atoms with E-state index in [0.717, 1.165) is 43.5 Å². The molecule has 0 aromatic carbocycles. The predicted octanol–water partition coefficient (Wildman–Crippen LogP) is 2.60. The van der Waals surface area contributed by atoms with E-state index in [1.165, 1.54) is 0 Å². The van der Waals surface area contributed by atoms with Crippen LogP contribution in [0.4, 0.5) is 0 Å². The van der Waals surface area contributed by atoms with Crippen LogP contribution in [0.2, 0.25) is 0 Å². The summed E-state index contributed by atoms with van der Waals surface area (Å²) in [6, 6.07) is 0. The molecular formula is C13H28NO2+. The van der Waals surface area contributed by atoms with Gasteiger partial charge >= 0.3 is 5.97 Å². The van der Waals surface area contributed by atoms with E-state index in [0.29, 0.717) is 13.0 Å². The minimum Gasteiger partial charge on any atom is -0.465 e. The predicted molar refractivity (Wildman–Crippen MR) is 67.2 cm³/mol. The average Bonchev–Trinajstić information content (AvgIpc) is 2.31. The fourth-order valence-electron chi connectivity index (χ4n) is 2.01. The van der Waals surface area contributed by atoms with Gasteiger partial charge in [-0.05, 0) is 27.2 Å². The second-order valence-electron chi connectivity index (χ2n) is 4.34. The van der Waals surface area contributed by atoms with Crippen molar-refractivity contribution >= 4 is 5.97 Å². The number of rotatable bonds is 9. The van der Waals surface area contributed by atoms with Gasteiger partial charge in [0.05, 0.1) is 32.8 Å². The van der Waals surface area contributed by atoms with E-state index in [1.807, 2.05) is 6.92 Å². The SMILES string of the molecule is CCCC(=O)OCCC[N+](CC)(CC)CC. The summed E-state index contributed by atoms with van der Waals surface area (Å²) in [5.41, 5.74) is 0. The molecule has 0 atom stereocenters. The highest BCUT2D eigenvalue weighted by Crippen LogP contribution is 2.07. The molecule has 96 valence electrons. The molecule has 0 saturated carbocycles. The first-order valence-electron chi connectivity index (χ1n) is 6.64. The van der Waals surface area contributed by atoms with Crippen molar-refractivity contribution in [1.29, 1.82) is 0 Å². The Hall–Kier alpha value is -0.570. The first-order chi connectivity index (χ1) is 7.64. The second kappa shape index (κ2) is 8.57. The molecule has 0 aromatic rings. The molecule has 0 fully saturated rings. The monoisotopic (exact) mass is 230 g/mol. The molecule has 0 aliphatic heterocycles. The minimum absolute atomic E-state index is 0.0508. The lowest BCUT2D eigenvalue weighted by Gasteiger charge is -2.35. The van der Waals surface area contributed by atoms with Crippen LogP contribution in [0.1, 0.15) is 47.0 Å². The molecule has 0 heterocycles. The van der Waals surface area contributed by atoms with Crippen LogP contribution in [0, 0.1) is 0 Å². The molecular weight excluding hydrogens is 202 g/mol. The molecule has 0 spiro atoms. The Bertz CT molecular complexity index is 180. The lowest BCUT2D eigenvalue weighted by molar-refractivity contribution is -0.923. The van der Waals surface area contributed by atoms with Gasteiger partial charge in [-0.1, -0.05) is 6.92 Å². The average molecular weight is 230 g/mol. The van der Waals surface area contributed by atoms with Gasteiger partial charge in [-0.15, -0.1) is 0 Å². The molecule has 0 unspecified atom stereocenters. The summed E-state index contributed by atoms with van der Waals surface area (Å²) in [6.45, 7) is 13.9. The molecule has 0 bridgehead atoms. The van der Waals surface area contributed by atoms with Crippen LogP contribution in [0.15, 0.2) is 0 Å². The highest BCUT2D eigenvalue weighted by atomic mass is 16.5. The fraction of sp³-hybridized carbons (Fsp3) is 0.923. The zero-order chi connectivity index (χ0) is 12.4. The maximum atomic E-state index is 11.1. The van der Waals surface area contributed by atoms with E-state index >= 15 is 0 Å². The topological polar surface area (TPSA) is 26.3 Å². The van der Waals surface area contributed by atoms with E-state index in [2.05, 4.69) is 20.8 Å². The summed E-state index contributed by atoms with van der Waals surface area (Å²) >= 11 is 0. The van der Waals surface area contributed by atoms with E-state index < -0.39 is 0 Å². The quantitative estimate of drug-likeness (QED) is 0.346. The Morgan fingerprint density at radius 3 is 2.06 bits per heavy atom. The third-order valence-corrected chi connectivity index (χ3v) is 3.51. The Balaban J connectivity index is 3.74. The van der Waals surface area contributed by atoms with Crippen molar-refractivity contribution in [3.05, 3.63) is 0 Å². The molecule has 0 saturated heterocycles.